The van der Waals surface area contributed by atoms with Crippen molar-refractivity contribution < 1.29 is 18.7 Å². The number of amides is 2. The lowest BCUT2D eigenvalue weighted by molar-refractivity contribution is -0.124. The average molecular weight is 387 g/mol. The Balaban J connectivity index is 1.61. The van der Waals surface area contributed by atoms with Gasteiger partial charge in [0.1, 0.15) is 11.3 Å². The molecule has 1 N–H and O–H groups in total. The molecule has 2 aromatic rings. The van der Waals surface area contributed by atoms with Gasteiger partial charge in [0.05, 0.1) is 5.75 Å². The fraction of sp³-hybridized carbons (Fsp3) is 0.222. The van der Waals surface area contributed by atoms with Gasteiger partial charge < -0.3 is 9.15 Å². The van der Waals surface area contributed by atoms with Crippen molar-refractivity contribution in [2.75, 3.05) is 18.9 Å². The lowest BCUT2D eigenvalue weighted by Crippen LogP contribution is -2.32. The van der Waals surface area contributed by atoms with Crippen molar-refractivity contribution in [1.29, 1.82) is 0 Å². The first-order chi connectivity index (χ1) is 13.0. The van der Waals surface area contributed by atoms with E-state index in [9.17, 15) is 14.4 Å². The fourth-order valence-corrected chi connectivity index (χ4v) is 3.33. The summed E-state index contributed by atoms with van der Waals surface area (Å²) < 4.78 is 10.6. The van der Waals surface area contributed by atoms with Gasteiger partial charge in [-0.2, -0.15) is 0 Å². The first-order valence-electron chi connectivity index (χ1n) is 8.06. The molecule has 1 aromatic heterocycles. The number of nitrogens with one attached hydrogen (secondary N) is 1. The number of carbonyl (C=O) groups excluding carboxylic acids is 2. The maximum atomic E-state index is 11.9. The third-order valence-corrected chi connectivity index (χ3v) is 4.70. The molecule has 0 saturated carbocycles. The second-order valence-corrected chi connectivity index (χ2v) is 6.65. The molecular weight excluding hydrogens is 370 g/mol. The number of hydrogen-bond donors (Lipinski definition) is 1. The van der Waals surface area contributed by atoms with Crippen molar-refractivity contribution in [3.63, 3.8) is 0 Å². The Morgan fingerprint density at radius 1 is 1.44 bits per heavy atom. The van der Waals surface area contributed by atoms with E-state index in [2.05, 4.69) is 17.1 Å². The van der Waals surface area contributed by atoms with E-state index in [4.69, 9.17) is 9.15 Å². The molecular formula is C18H17N3O5S. The third kappa shape index (κ3) is 4.37. The Kier molecular flexibility index (Phi) is 5.60. The van der Waals surface area contributed by atoms with Gasteiger partial charge in [0.2, 0.25) is 5.91 Å². The minimum atomic E-state index is -0.480. The highest BCUT2D eigenvalue weighted by atomic mass is 32.2. The number of ether oxygens (including phenoxy) is 1. The molecule has 1 aliphatic heterocycles. The Morgan fingerprint density at radius 3 is 3.04 bits per heavy atom. The van der Waals surface area contributed by atoms with Crippen LogP contribution in [0.15, 0.2) is 51.2 Å². The predicted octanol–water partition coefficient (Wildman–Crippen LogP) is 1.63. The van der Waals surface area contributed by atoms with Crippen LogP contribution in [0.2, 0.25) is 0 Å². The summed E-state index contributed by atoms with van der Waals surface area (Å²) in [7, 11) is 0. The van der Waals surface area contributed by atoms with E-state index in [0.29, 0.717) is 23.0 Å². The quantitative estimate of drug-likeness (QED) is 0.459. The zero-order valence-corrected chi connectivity index (χ0v) is 15.4. The molecule has 1 saturated heterocycles. The second kappa shape index (κ2) is 8.09. The summed E-state index contributed by atoms with van der Waals surface area (Å²) in [6, 6.07) is 6.41. The summed E-state index contributed by atoms with van der Waals surface area (Å²) in [5, 5.41) is 5.16. The van der Waals surface area contributed by atoms with Crippen LogP contribution in [0.3, 0.4) is 0 Å². The maximum absolute atomic E-state index is 11.9. The van der Waals surface area contributed by atoms with Crippen LogP contribution in [0.4, 0.5) is 0 Å². The lowest BCUT2D eigenvalue weighted by atomic mass is 10.1. The number of thioether (sulfide) groups is 1. The number of aryl methyl sites for hydroxylation is 1. The number of hydrogen-bond acceptors (Lipinski definition) is 7. The number of carbonyl (C=O) groups is 2. The highest BCUT2D eigenvalue weighted by molar-refractivity contribution is 8.15. The molecule has 0 unspecified atom stereocenters. The minimum absolute atomic E-state index is 0.0860. The molecule has 140 valence electrons. The van der Waals surface area contributed by atoms with Gasteiger partial charge in [0.15, 0.2) is 11.8 Å². The molecule has 0 radical (unpaired) electrons. The van der Waals surface area contributed by atoms with E-state index in [1.54, 1.807) is 24.3 Å². The number of rotatable bonds is 6. The number of nitrogens with zero attached hydrogens (tertiary/aromatic N) is 2. The maximum Gasteiger partial charge on any atom is 0.336 e. The average Bonchev–Trinajstić information content (AvgIpc) is 2.98. The summed E-state index contributed by atoms with van der Waals surface area (Å²) in [4.78, 5) is 36.5. The Bertz CT molecular complexity index is 998. The van der Waals surface area contributed by atoms with E-state index < -0.39 is 11.5 Å². The molecule has 1 fully saturated rings. The standard InChI is InChI=1S/C18H17N3O5S/c1-3-6-21-16(23)10-27-18(21)20-19-15(22)9-25-12-4-5-13-11(2)7-17(24)26-14(13)8-12/h3-5,7-8H,1,6,9-10H2,2H3,(H,19,22)/b20-18+. The lowest BCUT2D eigenvalue weighted by Gasteiger charge is -2.13. The normalized spacial score (nSPS) is 15.4. The van der Waals surface area contributed by atoms with Crippen molar-refractivity contribution in [3.8, 4) is 5.75 Å². The smallest absolute Gasteiger partial charge is 0.336 e. The van der Waals surface area contributed by atoms with Crippen LogP contribution in [0.1, 0.15) is 5.56 Å². The van der Waals surface area contributed by atoms with Crippen molar-refractivity contribution in [2.24, 2.45) is 5.10 Å². The molecule has 1 aromatic carbocycles. The summed E-state index contributed by atoms with van der Waals surface area (Å²) in [5.41, 5.74) is 3.10. The SMILES string of the molecule is C=CCN1C(=O)CS/C1=N/NC(=O)COc1ccc2c(C)cc(=O)oc2c1. The van der Waals surface area contributed by atoms with E-state index in [1.165, 1.54) is 22.7 Å². The Labute approximate surface area is 158 Å². The van der Waals surface area contributed by atoms with Gasteiger partial charge in [0.25, 0.3) is 5.91 Å². The monoisotopic (exact) mass is 387 g/mol. The van der Waals surface area contributed by atoms with Gasteiger partial charge in [-0.1, -0.05) is 17.8 Å². The molecule has 2 amide bonds. The van der Waals surface area contributed by atoms with Gasteiger partial charge >= 0.3 is 5.63 Å². The molecule has 3 rings (SSSR count). The Hall–Kier alpha value is -3.07. The predicted molar refractivity (Wildman–Crippen MR) is 103 cm³/mol. The highest BCUT2D eigenvalue weighted by Gasteiger charge is 2.27. The van der Waals surface area contributed by atoms with Gasteiger partial charge in [-0.25, -0.2) is 10.2 Å². The number of benzene rings is 1. The number of hydrazone groups is 1. The van der Waals surface area contributed by atoms with Crippen LogP contribution >= 0.6 is 11.8 Å². The topological polar surface area (TPSA) is 101 Å². The van der Waals surface area contributed by atoms with Gasteiger partial charge in [-0.05, 0) is 24.6 Å². The van der Waals surface area contributed by atoms with E-state index in [0.717, 1.165) is 10.9 Å². The van der Waals surface area contributed by atoms with Crippen LogP contribution in [-0.4, -0.2) is 40.8 Å². The van der Waals surface area contributed by atoms with Crippen LogP contribution in [-0.2, 0) is 9.59 Å². The zero-order valence-electron chi connectivity index (χ0n) is 14.6. The van der Waals surface area contributed by atoms with E-state index in [-0.39, 0.29) is 18.3 Å². The van der Waals surface area contributed by atoms with E-state index >= 15 is 0 Å². The second-order valence-electron chi connectivity index (χ2n) is 5.71. The molecule has 0 spiro atoms. The third-order valence-electron chi connectivity index (χ3n) is 3.74. The van der Waals surface area contributed by atoms with Crippen LogP contribution in [0.5, 0.6) is 5.75 Å². The van der Waals surface area contributed by atoms with Crippen molar-refractivity contribution in [2.45, 2.75) is 6.92 Å². The molecule has 27 heavy (non-hydrogen) atoms. The summed E-state index contributed by atoms with van der Waals surface area (Å²) in [5.74, 6) is 0.0995. The summed E-state index contributed by atoms with van der Waals surface area (Å²) >= 11 is 1.24. The number of amidine groups is 1. The molecule has 1 aliphatic rings. The van der Waals surface area contributed by atoms with Crippen LogP contribution in [0, 0.1) is 6.92 Å². The van der Waals surface area contributed by atoms with Gasteiger partial charge in [-0.15, -0.1) is 11.7 Å². The van der Waals surface area contributed by atoms with Crippen molar-refractivity contribution in [1.82, 2.24) is 10.3 Å². The molecule has 0 atom stereocenters. The van der Waals surface area contributed by atoms with Crippen molar-refractivity contribution in [3.05, 3.63) is 52.9 Å². The Morgan fingerprint density at radius 2 is 2.26 bits per heavy atom. The first-order valence-corrected chi connectivity index (χ1v) is 9.04. The molecule has 8 nitrogen and oxygen atoms in total. The van der Waals surface area contributed by atoms with Crippen LogP contribution < -0.4 is 15.8 Å². The molecule has 0 bridgehead atoms. The van der Waals surface area contributed by atoms with Gasteiger partial charge in [0, 0.05) is 24.1 Å². The van der Waals surface area contributed by atoms with Gasteiger partial charge in [-0.3, -0.25) is 14.5 Å². The highest BCUT2D eigenvalue weighted by Crippen LogP contribution is 2.22. The minimum Gasteiger partial charge on any atom is -0.484 e. The molecule has 0 aliphatic carbocycles. The fourth-order valence-electron chi connectivity index (χ4n) is 2.48. The first kappa shape index (κ1) is 18.7. The largest absolute Gasteiger partial charge is 0.484 e. The number of fused-ring (bicyclic) bond motifs is 1. The van der Waals surface area contributed by atoms with Crippen LogP contribution in [0.25, 0.3) is 11.0 Å². The summed E-state index contributed by atoms with van der Waals surface area (Å²) in [6.45, 7) is 5.46. The molecule has 2 heterocycles. The summed E-state index contributed by atoms with van der Waals surface area (Å²) in [6.07, 6.45) is 1.59. The van der Waals surface area contributed by atoms with Crippen molar-refractivity contribution >= 4 is 39.7 Å². The zero-order chi connectivity index (χ0) is 19.4. The molecule has 9 heteroatoms. The van der Waals surface area contributed by atoms with E-state index in [1.807, 2.05) is 6.92 Å².